The fraction of sp³-hybridized carbons (Fsp3) is 0.500. The van der Waals surface area contributed by atoms with Crippen LogP contribution >= 0.6 is 11.6 Å². The van der Waals surface area contributed by atoms with E-state index in [1.807, 2.05) is 13.0 Å². The number of para-hydroxylation sites is 1. The van der Waals surface area contributed by atoms with E-state index in [-0.39, 0.29) is 56.8 Å². The molecule has 8 nitrogen and oxygen atoms in total. The lowest BCUT2D eigenvalue weighted by molar-refractivity contribution is -0.167. The summed E-state index contributed by atoms with van der Waals surface area (Å²) in [4.78, 5) is 29.8. The van der Waals surface area contributed by atoms with Gasteiger partial charge >= 0.3 is 0 Å². The van der Waals surface area contributed by atoms with Crippen molar-refractivity contribution >= 4 is 23.4 Å². The minimum atomic E-state index is -0.999. The van der Waals surface area contributed by atoms with Crippen molar-refractivity contribution in [3.63, 3.8) is 0 Å². The Balaban J connectivity index is 1.39. The molecule has 2 aromatic rings. The van der Waals surface area contributed by atoms with Crippen molar-refractivity contribution in [2.45, 2.75) is 31.8 Å². The van der Waals surface area contributed by atoms with Crippen molar-refractivity contribution in [2.75, 3.05) is 59.2 Å². The molecule has 0 aromatic heterocycles. The molecular formula is C28H34ClFN2O6. The quantitative estimate of drug-likeness (QED) is 0.420. The van der Waals surface area contributed by atoms with E-state index in [0.29, 0.717) is 50.0 Å². The molecule has 0 saturated carbocycles. The van der Waals surface area contributed by atoms with Gasteiger partial charge in [-0.15, -0.1) is 0 Å². The maximum absolute atomic E-state index is 13.8. The first-order valence-electron chi connectivity index (χ1n) is 12.9. The second-order valence-electron chi connectivity index (χ2n) is 9.60. The van der Waals surface area contributed by atoms with Gasteiger partial charge in [-0.2, -0.15) is 0 Å². The van der Waals surface area contributed by atoms with Gasteiger partial charge in [-0.05, 0) is 49.2 Å². The predicted octanol–water partition coefficient (Wildman–Crippen LogP) is 3.87. The highest BCUT2D eigenvalue weighted by molar-refractivity contribution is 6.31. The van der Waals surface area contributed by atoms with Gasteiger partial charge in [-0.25, -0.2) is 4.39 Å². The molecule has 0 N–H and O–H groups in total. The van der Waals surface area contributed by atoms with Crippen molar-refractivity contribution in [3.8, 4) is 11.5 Å². The minimum absolute atomic E-state index is 0.0585. The largest absolute Gasteiger partial charge is 0.491 e. The van der Waals surface area contributed by atoms with Gasteiger partial charge in [-0.1, -0.05) is 23.7 Å². The molecule has 4 rings (SSSR count). The summed E-state index contributed by atoms with van der Waals surface area (Å²) in [6.07, 6.45) is 0.754. The lowest BCUT2D eigenvalue weighted by atomic mass is 9.96. The molecule has 10 heteroatoms. The molecule has 1 atom stereocenters. The van der Waals surface area contributed by atoms with Gasteiger partial charge in [0.25, 0.3) is 0 Å². The zero-order valence-corrected chi connectivity index (χ0v) is 22.4. The Morgan fingerprint density at radius 1 is 1.03 bits per heavy atom. The average Bonchev–Trinajstić information content (AvgIpc) is 2.93. The number of aryl methyl sites for hydroxylation is 1. The van der Waals surface area contributed by atoms with Crippen molar-refractivity contribution in [1.82, 2.24) is 9.80 Å². The molecule has 0 aliphatic carbocycles. The number of benzene rings is 2. The van der Waals surface area contributed by atoms with Gasteiger partial charge in [0.2, 0.25) is 11.8 Å². The lowest BCUT2D eigenvalue weighted by Crippen LogP contribution is -2.58. The van der Waals surface area contributed by atoms with E-state index in [4.69, 9.17) is 30.5 Å². The molecule has 1 unspecified atom stereocenters. The summed E-state index contributed by atoms with van der Waals surface area (Å²) in [5.74, 6) is 0.217. The van der Waals surface area contributed by atoms with Crippen LogP contribution in [0.4, 0.5) is 4.39 Å². The summed E-state index contributed by atoms with van der Waals surface area (Å²) < 4.78 is 36.9. The standard InChI is InChI=1S/C28H34ClFN2O6/c1-21-17-22(8-9-23(21)29)37-20-28(18-27(34)31-10-14-35-15-11-31)19-32(12-16-38-28)26(33)7-4-13-36-25-6-3-2-5-24(25)30/h2-3,5-6,8-9,17H,4,7,10-16,18-20H2,1H3. The molecule has 2 aliphatic rings. The summed E-state index contributed by atoms with van der Waals surface area (Å²) >= 11 is 6.15. The summed E-state index contributed by atoms with van der Waals surface area (Å²) in [6.45, 7) is 5.19. The SMILES string of the molecule is Cc1cc(OCC2(CC(=O)N3CCOCC3)CN(C(=O)CCCOc3ccccc3F)CCO2)ccc1Cl. The van der Waals surface area contributed by atoms with Gasteiger partial charge in [0.15, 0.2) is 11.6 Å². The highest BCUT2D eigenvalue weighted by Gasteiger charge is 2.42. The summed E-state index contributed by atoms with van der Waals surface area (Å²) in [6, 6.07) is 11.6. The summed E-state index contributed by atoms with van der Waals surface area (Å²) in [5, 5.41) is 0.638. The van der Waals surface area contributed by atoms with Crippen LogP contribution in [-0.2, 0) is 19.1 Å². The van der Waals surface area contributed by atoms with Crippen molar-refractivity contribution in [1.29, 1.82) is 0 Å². The normalized spacial score (nSPS) is 19.8. The van der Waals surface area contributed by atoms with Crippen LogP contribution in [0.5, 0.6) is 11.5 Å². The number of amides is 2. The third kappa shape index (κ3) is 7.58. The molecule has 0 bridgehead atoms. The zero-order valence-electron chi connectivity index (χ0n) is 21.6. The number of hydrogen-bond acceptors (Lipinski definition) is 6. The smallest absolute Gasteiger partial charge is 0.225 e. The maximum atomic E-state index is 13.8. The first kappa shape index (κ1) is 28.1. The number of hydrogen-bond donors (Lipinski definition) is 0. The van der Waals surface area contributed by atoms with E-state index < -0.39 is 11.4 Å². The Hall–Kier alpha value is -2.88. The molecule has 2 aliphatic heterocycles. The van der Waals surface area contributed by atoms with Crippen LogP contribution in [0.15, 0.2) is 42.5 Å². The number of halogens is 2. The van der Waals surface area contributed by atoms with Crippen molar-refractivity contribution < 1.29 is 32.9 Å². The number of carbonyl (C=O) groups excluding carboxylic acids is 2. The Bertz CT molecular complexity index is 1110. The van der Waals surface area contributed by atoms with E-state index in [1.165, 1.54) is 6.07 Å². The molecule has 2 aromatic carbocycles. The molecule has 2 saturated heterocycles. The van der Waals surface area contributed by atoms with Crippen LogP contribution < -0.4 is 9.47 Å². The number of ether oxygens (including phenoxy) is 4. The van der Waals surface area contributed by atoms with Crippen LogP contribution in [0.25, 0.3) is 0 Å². The Morgan fingerprint density at radius 3 is 2.55 bits per heavy atom. The third-order valence-corrected chi connectivity index (χ3v) is 7.12. The molecule has 2 heterocycles. The van der Waals surface area contributed by atoms with Gasteiger partial charge in [0.05, 0.1) is 39.4 Å². The fourth-order valence-electron chi connectivity index (χ4n) is 4.55. The van der Waals surface area contributed by atoms with Crippen molar-refractivity contribution in [2.24, 2.45) is 0 Å². The number of rotatable bonds is 10. The monoisotopic (exact) mass is 548 g/mol. The molecule has 2 amide bonds. The average molecular weight is 549 g/mol. The molecule has 0 radical (unpaired) electrons. The molecule has 2 fully saturated rings. The second kappa shape index (κ2) is 13.3. The molecular weight excluding hydrogens is 515 g/mol. The first-order valence-corrected chi connectivity index (χ1v) is 13.3. The van der Waals surface area contributed by atoms with Crippen LogP contribution in [-0.4, -0.2) is 86.4 Å². The molecule has 38 heavy (non-hydrogen) atoms. The van der Waals surface area contributed by atoms with E-state index in [1.54, 1.807) is 40.1 Å². The Kier molecular flexibility index (Phi) is 9.82. The number of carbonyl (C=O) groups is 2. The molecule has 206 valence electrons. The summed E-state index contributed by atoms with van der Waals surface area (Å²) in [7, 11) is 0. The fourth-order valence-corrected chi connectivity index (χ4v) is 4.67. The number of nitrogens with zero attached hydrogens (tertiary/aromatic N) is 2. The Labute approximate surface area is 227 Å². The number of morpholine rings is 2. The third-order valence-electron chi connectivity index (χ3n) is 6.70. The van der Waals surface area contributed by atoms with Crippen LogP contribution in [0.3, 0.4) is 0 Å². The maximum Gasteiger partial charge on any atom is 0.225 e. The van der Waals surface area contributed by atoms with Crippen molar-refractivity contribution in [3.05, 3.63) is 58.9 Å². The summed E-state index contributed by atoms with van der Waals surface area (Å²) in [5.41, 5.74) is -0.123. The zero-order chi connectivity index (χ0) is 27.0. The predicted molar refractivity (Wildman–Crippen MR) is 140 cm³/mol. The second-order valence-corrected chi connectivity index (χ2v) is 10.0. The van der Waals surface area contributed by atoms with Crippen LogP contribution in [0, 0.1) is 12.7 Å². The van der Waals surface area contributed by atoms with E-state index >= 15 is 0 Å². The van der Waals surface area contributed by atoms with E-state index in [9.17, 15) is 14.0 Å². The van der Waals surface area contributed by atoms with Gasteiger partial charge in [0.1, 0.15) is 18.0 Å². The highest BCUT2D eigenvalue weighted by Crippen LogP contribution is 2.28. The Morgan fingerprint density at radius 2 is 1.79 bits per heavy atom. The van der Waals surface area contributed by atoms with E-state index in [0.717, 1.165) is 5.56 Å². The van der Waals surface area contributed by atoms with Gasteiger partial charge in [-0.3, -0.25) is 9.59 Å². The van der Waals surface area contributed by atoms with Gasteiger partial charge in [0, 0.05) is 31.1 Å². The van der Waals surface area contributed by atoms with Gasteiger partial charge < -0.3 is 28.7 Å². The van der Waals surface area contributed by atoms with E-state index in [2.05, 4.69) is 0 Å². The van der Waals surface area contributed by atoms with Crippen LogP contribution in [0.2, 0.25) is 5.02 Å². The molecule has 0 spiro atoms. The highest BCUT2D eigenvalue weighted by atomic mass is 35.5. The van der Waals surface area contributed by atoms with Crippen LogP contribution in [0.1, 0.15) is 24.8 Å². The lowest BCUT2D eigenvalue weighted by Gasteiger charge is -2.43. The minimum Gasteiger partial charge on any atom is -0.491 e. The topological polar surface area (TPSA) is 77.5 Å². The first-order chi connectivity index (χ1) is 18.3.